The Morgan fingerprint density at radius 2 is 2.06 bits per heavy atom. The van der Waals surface area contributed by atoms with Gasteiger partial charge in [-0.3, -0.25) is 0 Å². The van der Waals surface area contributed by atoms with Gasteiger partial charge in [-0.05, 0) is 35.0 Å². The fraction of sp³-hybridized carbons (Fsp3) is 0.417. The van der Waals surface area contributed by atoms with E-state index in [9.17, 15) is 0 Å². The van der Waals surface area contributed by atoms with Crippen LogP contribution in [-0.2, 0) is 0 Å². The summed E-state index contributed by atoms with van der Waals surface area (Å²) in [5.74, 6) is 1.02. The fourth-order valence-electron chi connectivity index (χ4n) is 2.29. The lowest BCUT2D eigenvalue weighted by Gasteiger charge is -2.29. The van der Waals surface area contributed by atoms with Crippen LogP contribution in [0.2, 0.25) is 0 Å². The molecule has 1 saturated heterocycles. The second-order valence-electron chi connectivity index (χ2n) is 4.33. The van der Waals surface area contributed by atoms with Gasteiger partial charge in [-0.25, -0.2) is 4.98 Å². The van der Waals surface area contributed by atoms with Crippen molar-refractivity contribution in [3.05, 3.63) is 28.8 Å². The van der Waals surface area contributed by atoms with E-state index in [1.165, 1.54) is 5.69 Å². The van der Waals surface area contributed by atoms with Crippen molar-refractivity contribution in [2.24, 2.45) is 0 Å². The van der Waals surface area contributed by atoms with Crippen LogP contribution in [0.1, 0.15) is 5.82 Å². The first-order valence-corrected chi connectivity index (χ1v) is 6.65. The molecule has 1 fully saturated rings. The van der Waals surface area contributed by atoms with Crippen LogP contribution in [0.15, 0.2) is 22.9 Å². The standard InChI is InChI=1S/C12H15BrN4/c1-9-15-12(13)11-3-2-10(8-17(9)11)16-6-4-14-5-7-16/h2-3,8,14H,4-7H2,1H3. The van der Waals surface area contributed by atoms with Gasteiger partial charge >= 0.3 is 0 Å². The van der Waals surface area contributed by atoms with Crippen molar-refractivity contribution in [1.82, 2.24) is 14.7 Å². The van der Waals surface area contributed by atoms with Crippen molar-refractivity contribution in [3.8, 4) is 0 Å². The number of rotatable bonds is 1. The number of pyridine rings is 1. The molecule has 3 heterocycles. The van der Waals surface area contributed by atoms with E-state index in [1.807, 2.05) is 6.92 Å². The second kappa shape index (κ2) is 4.31. The average Bonchev–Trinajstić information content (AvgIpc) is 2.66. The van der Waals surface area contributed by atoms with Crippen LogP contribution in [0.5, 0.6) is 0 Å². The molecule has 0 saturated carbocycles. The largest absolute Gasteiger partial charge is 0.368 e. The summed E-state index contributed by atoms with van der Waals surface area (Å²) >= 11 is 3.48. The molecule has 17 heavy (non-hydrogen) atoms. The zero-order valence-electron chi connectivity index (χ0n) is 9.78. The molecule has 3 rings (SSSR count). The number of nitrogens with zero attached hydrogens (tertiary/aromatic N) is 3. The van der Waals surface area contributed by atoms with E-state index in [1.54, 1.807) is 0 Å². The Morgan fingerprint density at radius 3 is 2.82 bits per heavy atom. The Labute approximate surface area is 109 Å². The number of aromatic nitrogens is 2. The molecule has 1 aliphatic heterocycles. The lowest BCUT2D eigenvalue weighted by atomic mass is 10.3. The fourth-order valence-corrected chi connectivity index (χ4v) is 2.87. The summed E-state index contributed by atoms with van der Waals surface area (Å²) in [5.41, 5.74) is 2.40. The first-order chi connectivity index (χ1) is 8.25. The van der Waals surface area contributed by atoms with E-state index >= 15 is 0 Å². The van der Waals surface area contributed by atoms with Gasteiger partial charge in [0.05, 0.1) is 11.2 Å². The maximum Gasteiger partial charge on any atom is 0.132 e. The lowest BCUT2D eigenvalue weighted by molar-refractivity contribution is 0.588. The van der Waals surface area contributed by atoms with Gasteiger partial charge in [0.25, 0.3) is 0 Å². The van der Waals surface area contributed by atoms with Crippen LogP contribution in [0, 0.1) is 6.92 Å². The van der Waals surface area contributed by atoms with Crippen molar-refractivity contribution in [2.75, 3.05) is 31.1 Å². The summed E-state index contributed by atoms with van der Waals surface area (Å²) in [5, 5.41) is 3.37. The van der Waals surface area contributed by atoms with E-state index in [-0.39, 0.29) is 0 Å². The SMILES string of the molecule is Cc1nc(Br)c2ccc(N3CCNCC3)cn12. The van der Waals surface area contributed by atoms with Gasteiger partial charge in [-0.1, -0.05) is 0 Å². The number of aryl methyl sites for hydroxylation is 1. The number of hydrogen-bond acceptors (Lipinski definition) is 3. The first kappa shape index (κ1) is 11.0. The quantitative estimate of drug-likeness (QED) is 0.871. The molecular weight excluding hydrogens is 280 g/mol. The van der Waals surface area contributed by atoms with E-state index < -0.39 is 0 Å². The number of fused-ring (bicyclic) bond motifs is 1. The summed E-state index contributed by atoms with van der Waals surface area (Å²) in [6, 6.07) is 4.30. The molecule has 90 valence electrons. The number of hydrogen-bond donors (Lipinski definition) is 1. The van der Waals surface area contributed by atoms with E-state index in [4.69, 9.17) is 0 Å². The molecule has 1 aliphatic rings. The maximum absolute atomic E-state index is 4.43. The van der Waals surface area contributed by atoms with Crippen LogP contribution in [0.3, 0.4) is 0 Å². The molecule has 0 aliphatic carbocycles. The maximum atomic E-state index is 4.43. The highest BCUT2D eigenvalue weighted by molar-refractivity contribution is 9.10. The Balaban J connectivity index is 2.03. The predicted octanol–water partition coefficient (Wildman–Crippen LogP) is 1.81. The third-order valence-electron chi connectivity index (χ3n) is 3.23. The highest BCUT2D eigenvalue weighted by Gasteiger charge is 2.12. The summed E-state index contributed by atoms with van der Waals surface area (Å²) in [6.07, 6.45) is 2.17. The van der Waals surface area contributed by atoms with Crippen molar-refractivity contribution >= 4 is 27.1 Å². The van der Waals surface area contributed by atoms with Gasteiger partial charge in [-0.2, -0.15) is 0 Å². The number of imidazole rings is 1. The van der Waals surface area contributed by atoms with Gasteiger partial charge < -0.3 is 14.6 Å². The molecule has 2 aromatic heterocycles. The Morgan fingerprint density at radius 1 is 1.29 bits per heavy atom. The van der Waals surface area contributed by atoms with Gasteiger partial charge in [0.2, 0.25) is 0 Å². The number of anilines is 1. The average molecular weight is 295 g/mol. The van der Waals surface area contributed by atoms with Crippen molar-refractivity contribution in [2.45, 2.75) is 6.92 Å². The van der Waals surface area contributed by atoms with Crippen LogP contribution in [0.4, 0.5) is 5.69 Å². The van der Waals surface area contributed by atoms with Crippen molar-refractivity contribution in [1.29, 1.82) is 0 Å². The van der Waals surface area contributed by atoms with E-state index in [0.29, 0.717) is 0 Å². The molecule has 0 bridgehead atoms. The minimum Gasteiger partial charge on any atom is -0.368 e. The van der Waals surface area contributed by atoms with Crippen LogP contribution >= 0.6 is 15.9 Å². The highest BCUT2D eigenvalue weighted by Crippen LogP contribution is 2.23. The third kappa shape index (κ3) is 1.93. The molecule has 4 nitrogen and oxygen atoms in total. The van der Waals surface area contributed by atoms with Crippen LogP contribution < -0.4 is 10.2 Å². The van der Waals surface area contributed by atoms with Crippen LogP contribution in [-0.4, -0.2) is 35.6 Å². The first-order valence-electron chi connectivity index (χ1n) is 5.85. The highest BCUT2D eigenvalue weighted by atomic mass is 79.9. The molecular formula is C12H15BrN4. The molecule has 0 radical (unpaired) electrons. The molecule has 0 atom stereocenters. The number of nitrogens with one attached hydrogen (secondary N) is 1. The Bertz CT molecular complexity index is 543. The van der Waals surface area contributed by atoms with Crippen molar-refractivity contribution in [3.63, 3.8) is 0 Å². The molecule has 0 unspecified atom stereocenters. The molecule has 0 aromatic carbocycles. The summed E-state index contributed by atoms with van der Waals surface area (Å²) in [4.78, 5) is 6.83. The van der Waals surface area contributed by atoms with Gasteiger partial charge in [0.1, 0.15) is 10.4 Å². The van der Waals surface area contributed by atoms with Gasteiger partial charge in [0, 0.05) is 32.4 Å². The monoisotopic (exact) mass is 294 g/mol. The Kier molecular flexibility index (Phi) is 2.80. The second-order valence-corrected chi connectivity index (χ2v) is 5.08. The minimum atomic E-state index is 0.918. The normalized spacial score (nSPS) is 16.7. The third-order valence-corrected chi connectivity index (χ3v) is 3.82. The van der Waals surface area contributed by atoms with E-state index in [2.05, 4.69) is 53.9 Å². The summed E-state index contributed by atoms with van der Waals surface area (Å²) in [6.45, 7) is 6.29. The molecule has 1 N–H and O–H groups in total. The molecule has 2 aromatic rings. The molecule has 0 spiro atoms. The number of piperazine rings is 1. The smallest absolute Gasteiger partial charge is 0.132 e. The topological polar surface area (TPSA) is 32.6 Å². The summed E-state index contributed by atoms with van der Waals surface area (Å²) < 4.78 is 3.06. The zero-order valence-corrected chi connectivity index (χ0v) is 11.4. The van der Waals surface area contributed by atoms with Gasteiger partial charge in [-0.15, -0.1) is 0 Å². The lowest BCUT2D eigenvalue weighted by Crippen LogP contribution is -2.43. The molecule has 5 heteroatoms. The number of halogens is 1. The summed E-state index contributed by atoms with van der Waals surface area (Å²) in [7, 11) is 0. The minimum absolute atomic E-state index is 0.918. The predicted molar refractivity (Wildman–Crippen MR) is 72.7 cm³/mol. The zero-order chi connectivity index (χ0) is 11.8. The molecule has 0 amide bonds. The van der Waals surface area contributed by atoms with Gasteiger partial charge in [0.15, 0.2) is 0 Å². The Hall–Kier alpha value is -1.07. The van der Waals surface area contributed by atoms with E-state index in [0.717, 1.165) is 42.1 Å². The van der Waals surface area contributed by atoms with Crippen molar-refractivity contribution < 1.29 is 0 Å². The van der Waals surface area contributed by atoms with Crippen LogP contribution in [0.25, 0.3) is 5.52 Å².